The maximum atomic E-state index is 9.41. The van der Waals surface area contributed by atoms with Crippen LogP contribution in [0.1, 0.15) is 124 Å². The lowest BCUT2D eigenvalue weighted by molar-refractivity contribution is -0.0958. The van der Waals surface area contributed by atoms with E-state index in [1.165, 1.54) is 64.2 Å². The van der Waals surface area contributed by atoms with Gasteiger partial charge in [0.2, 0.25) is 0 Å². The number of hydrogen-bond acceptors (Lipinski definition) is 4. The predicted molar refractivity (Wildman–Crippen MR) is 141 cm³/mol. The Morgan fingerprint density at radius 1 is 0.818 bits per heavy atom. The second-order valence-electron chi connectivity index (χ2n) is 12.2. The minimum atomic E-state index is -1.85. The number of rotatable bonds is 16. The van der Waals surface area contributed by atoms with E-state index in [1.54, 1.807) is 0 Å². The molecule has 0 saturated carbocycles. The first kappa shape index (κ1) is 29.3. The Morgan fingerprint density at radius 2 is 1.36 bits per heavy atom. The first-order chi connectivity index (χ1) is 15.7. The van der Waals surface area contributed by atoms with E-state index in [1.807, 2.05) is 0 Å². The Kier molecular flexibility index (Phi) is 12.9. The van der Waals surface area contributed by atoms with Crippen LogP contribution in [0.3, 0.4) is 0 Å². The Hall–Kier alpha value is 0.0569. The van der Waals surface area contributed by atoms with Gasteiger partial charge in [0.1, 0.15) is 0 Å². The fraction of sp³-hybridized carbons (Fsp3) is 1.00. The van der Waals surface area contributed by atoms with E-state index in [2.05, 4.69) is 40.8 Å². The van der Waals surface area contributed by atoms with Crippen LogP contribution in [0.5, 0.6) is 0 Å². The standard InChI is InChI=1S/C28H56O4Si/c1-7-8-9-10-11-12-13-14-15-16-17-27(32-33(5,6)28(2,3)4)26-21-20-25(31-26)24-19-18-23(22-29)30-24/h23-27,29H,7-22H2,1-6H3/t23-,24+,25-,26-,27+/m1/s1. The summed E-state index contributed by atoms with van der Waals surface area (Å²) in [7, 11) is -1.85. The lowest BCUT2D eigenvalue weighted by Gasteiger charge is -2.41. The number of unbranched alkanes of at least 4 members (excludes halogenated alkanes) is 9. The van der Waals surface area contributed by atoms with Gasteiger partial charge in [-0.1, -0.05) is 91.9 Å². The average molecular weight is 485 g/mol. The second kappa shape index (κ2) is 14.6. The zero-order valence-electron chi connectivity index (χ0n) is 22.9. The Morgan fingerprint density at radius 3 is 1.91 bits per heavy atom. The third-order valence-corrected chi connectivity index (χ3v) is 12.9. The van der Waals surface area contributed by atoms with Gasteiger partial charge in [0.15, 0.2) is 8.32 Å². The molecule has 0 radical (unpaired) electrons. The van der Waals surface area contributed by atoms with Gasteiger partial charge in [-0.3, -0.25) is 0 Å². The molecule has 4 nitrogen and oxygen atoms in total. The van der Waals surface area contributed by atoms with Crippen molar-refractivity contribution in [2.45, 2.75) is 173 Å². The molecule has 2 fully saturated rings. The van der Waals surface area contributed by atoms with Crippen molar-refractivity contribution >= 4 is 8.32 Å². The molecular formula is C28H56O4Si. The number of ether oxygens (including phenoxy) is 2. The predicted octanol–water partition coefficient (Wildman–Crippen LogP) is 7.78. The van der Waals surface area contributed by atoms with Crippen molar-refractivity contribution in [1.29, 1.82) is 0 Å². The van der Waals surface area contributed by atoms with Gasteiger partial charge in [-0.05, 0) is 50.2 Å². The van der Waals surface area contributed by atoms with Crippen LogP contribution in [0.2, 0.25) is 18.1 Å². The van der Waals surface area contributed by atoms with E-state index >= 15 is 0 Å². The summed E-state index contributed by atoms with van der Waals surface area (Å²) < 4.78 is 19.6. The van der Waals surface area contributed by atoms with Crippen LogP contribution in [0, 0.1) is 0 Å². The van der Waals surface area contributed by atoms with E-state index in [0.717, 1.165) is 32.1 Å². The SMILES string of the molecule is CCCCCCCCCCCC[C@H](O[Si](C)(C)C(C)(C)C)[C@H]1CC[C@H]([C@@H]2CC[C@H](CO)O2)O1. The molecular weight excluding hydrogens is 428 g/mol. The molecule has 0 aliphatic carbocycles. The normalized spacial score (nSPS) is 27.4. The number of hydrogen-bond donors (Lipinski definition) is 1. The van der Waals surface area contributed by atoms with Crippen molar-refractivity contribution < 1.29 is 19.0 Å². The summed E-state index contributed by atoms with van der Waals surface area (Å²) in [6.07, 6.45) is 19.6. The fourth-order valence-corrected chi connectivity index (χ4v) is 6.47. The van der Waals surface area contributed by atoms with Crippen LogP contribution in [-0.2, 0) is 13.9 Å². The van der Waals surface area contributed by atoms with Crippen LogP contribution >= 0.6 is 0 Å². The molecule has 196 valence electrons. The first-order valence-corrected chi connectivity index (χ1v) is 17.2. The van der Waals surface area contributed by atoms with Crippen molar-refractivity contribution in [1.82, 2.24) is 0 Å². The van der Waals surface area contributed by atoms with Gasteiger partial charge in [-0.15, -0.1) is 0 Å². The number of aliphatic hydroxyl groups excluding tert-OH is 1. The van der Waals surface area contributed by atoms with Gasteiger partial charge in [0, 0.05) is 0 Å². The Labute approximate surface area is 206 Å². The molecule has 0 amide bonds. The molecule has 1 N–H and O–H groups in total. The summed E-state index contributed by atoms with van der Waals surface area (Å²) in [5.74, 6) is 0. The van der Waals surface area contributed by atoms with Gasteiger partial charge in [0.05, 0.1) is 37.1 Å². The maximum Gasteiger partial charge on any atom is 0.192 e. The summed E-state index contributed by atoms with van der Waals surface area (Å²) in [5.41, 5.74) is 0. The third-order valence-electron chi connectivity index (χ3n) is 8.35. The molecule has 0 spiro atoms. The van der Waals surface area contributed by atoms with Crippen molar-refractivity contribution in [3.05, 3.63) is 0 Å². The van der Waals surface area contributed by atoms with Gasteiger partial charge in [-0.2, -0.15) is 0 Å². The van der Waals surface area contributed by atoms with Crippen LogP contribution in [0.25, 0.3) is 0 Å². The highest BCUT2D eigenvalue weighted by Gasteiger charge is 2.44. The zero-order valence-corrected chi connectivity index (χ0v) is 23.9. The van der Waals surface area contributed by atoms with Crippen LogP contribution < -0.4 is 0 Å². The van der Waals surface area contributed by atoms with Crippen molar-refractivity contribution in [3.63, 3.8) is 0 Å². The largest absolute Gasteiger partial charge is 0.411 e. The smallest absolute Gasteiger partial charge is 0.192 e. The first-order valence-electron chi connectivity index (χ1n) is 14.3. The quantitative estimate of drug-likeness (QED) is 0.179. The molecule has 2 rings (SSSR count). The molecule has 0 aromatic carbocycles. The topological polar surface area (TPSA) is 47.9 Å². The zero-order chi connectivity index (χ0) is 24.3. The molecule has 0 aromatic heterocycles. The maximum absolute atomic E-state index is 9.41. The van der Waals surface area contributed by atoms with Crippen LogP contribution in [0.4, 0.5) is 0 Å². The van der Waals surface area contributed by atoms with Gasteiger partial charge >= 0.3 is 0 Å². The summed E-state index contributed by atoms with van der Waals surface area (Å²) in [5, 5.41) is 9.62. The van der Waals surface area contributed by atoms with Crippen LogP contribution in [0.15, 0.2) is 0 Å². The molecule has 2 aliphatic rings. The number of aliphatic hydroxyl groups is 1. The van der Waals surface area contributed by atoms with Gasteiger partial charge < -0.3 is 19.0 Å². The molecule has 2 saturated heterocycles. The molecule has 5 heteroatoms. The van der Waals surface area contributed by atoms with Gasteiger partial charge in [-0.25, -0.2) is 0 Å². The van der Waals surface area contributed by atoms with E-state index in [4.69, 9.17) is 13.9 Å². The molecule has 33 heavy (non-hydrogen) atoms. The van der Waals surface area contributed by atoms with E-state index in [-0.39, 0.29) is 42.2 Å². The summed E-state index contributed by atoms with van der Waals surface area (Å²) in [6.45, 7) is 14.1. The second-order valence-corrected chi connectivity index (χ2v) is 17.0. The average Bonchev–Trinajstić information content (AvgIpc) is 3.42. The van der Waals surface area contributed by atoms with Gasteiger partial charge in [0.25, 0.3) is 0 Å². The lowest BCUT2D eigenvalue weighted by atomic mass is 10.0. The summed E-state index contributed by atoms with van der Waals surface area (Å²) in [6, 6.07) is 0. The highest BCUT2D eigenvalue weighted by atomic mass is 28.4. The molecule has 2 aliphatic heterocycles. The van der Waals surface area contributed by atoms with Crippen LogP contribution in [-0.4, -0.2) is 50.6 Å². The van der Waals surface area contributed by atoms with Crippen molar-refractivity contribution in [2.75, 3.05) is 6.61 Å². The minimum absolute atomic E-state index is 0.00331. The molecule has 5 atom stereocenters. The highest BCUT2D eigenvalue weighted by molar-refractivity contribution is 6.74. The molecule has 2 heterocycles. The van der Waals surface area contributed by atoms with Crippen molar-refractivity contribution in [2.24, 2.45) is 0 Å². The Bertz CT molecular complexity index is 519. The fourth-order valence-electron chi connectivity index (χ4n) is 5.09. The molecule has 0 bridgehead atoms. The van der Waals surface area contributed by atoms with E-state index < -0.39 is 8.32 Å². The molecule has 0 unspecified atom stereocenters. The summed E-state index contributed by atoms with van der Waals surface area (Å²) >= 11 is 0. The van der Waals surface area contributed by atoms with E-state index in [9.17, 15) is 5.11 Å². The summed E-state index contributed by atoms with van der Waals surface area (Å²) in [4.78, 5) is 0. The minimum Gasteiger partial charge on any atom is -0.411 e. The van der Waals surface area contributed by atoms with Crippen molar-refractivity contribution in [3.8, 4) is 0 Å². The lowest BCUT2D eigenvalue weighted by Crippen LogP contribution is -2.47. The Balaban J connectivity index is 1.79. The monoisotopic (exact) mass is 484 g/mol. The third kappa shape index (κ3) is 9.91. The van der Waals surface area contributed by atoms with E-state index in [0.29, 0.717) is 0 Å². The molecule has 0 aromatic rings. The highest BCUT2D eigenvalue weighted by Crippen LogP contribution is 2.40.